The van der Waals surface area contributed by atoms with E-state index >= 15 is 0 Å². The fourth-order valence-corrected chi connectivity index (χ4v) is 2.24. The summed E-state index contributed by atoms with van der Waals surface area (Å²) in [5, 5.41) is 7.65. The SMILES string of the molecule is CCNC(=S)N/N=C\c1cc(Cl)c(OCC(=O)OCC)c(OCC)c1. The molecule has 2 N–H and O–H groups in total. The Hall–Kier alpha value is -2.06. The predicted octanol–water partition coefficient (Wildman–Crippen LogP) is 2.50. The molecule has 0 unspecified atom stereocenters. The number of carbonyl (C=O) groups is 1. The molecule has 0 radical (unpaired) electrons. The highest BCUT2D eigenvalue weighted by atomic mass is 35.5. The van der Waals surface area contributed by atoms with Crippen LogP contribution in [0.4, 0.5) is 0 Å². The number of hydrogen-bond acceptors (Lipinski definition) is 6. The van der Waals surface area contributed by atoms with Crippen molar-refractivity contribution in [1.29, 1.82) is 0 Å². The Kier molecular flexibility index (Phi) is 9.64. The zero-order chi connectivity index (χ0) is 18.7. The normalized spacial score (nSPS) is 10.4. The molecule has 0 spiro atoms. The van der Waals surface area contributed by atoms with E-state index in [-0.39, 0.29) is 19.0 Å². The lowest BCUT2D eigenvalue weighted by Crippen LogP contribution is -2.31. The van der Waals surface area contributed by atoms with Crippen LogP contribution >= 0.6 is 23.8 Å². The van der Waals surface area contributed by atoms with Gasteiger partial charge < -0.3 is 19.5 Å². The fourth-order valence-electron chi connectivity index (χ4n) is 1.76. The van der Waals surface area contributed by atoms with Crippen molar-refractivity contribution in [1.82, 2.24) is 10.7 Å². The maximum atomic E-state index is 11.4. The number of benzene rings is 1. The van der Waals surface area contributed by atoms with Crippen molar-refractivity contribution in [3.8, 4) is 11.5 Å². The predicted molar refractivity (Wildman–Crippen MR) is 102 cm³/mol. The largest absolute Gasteiger partial charge is 0.490 e. The summed E-state index contributed by atoms with van der Waals surface area (Å²) in [7, 11) is 0. The number of nitrogens with zero attached hydrogens (tertiary/aromatic N) is 1. The molecular weight excluding hydrogens is 366 g/mol. The average molecular weight is 388 g/mol. The lowest BCUT2D eigenvalue weighted by Gasteiger charge is -2.14. The van der Waals surface area contributed by atoms with Gasteiger partial charge in [0, 0.05) is 6.54 Å². The van der Waals surface area contributed by atoms with Crippen LogP contribution in [0.3, 0.4) is 0 Å². The molecule has 25 heavy (non-hydrogen) atoms. The summed E-state index contributed by atoms with van der Waals surface area (Å²) in [6, 6.07) is 3.35. The molecular formula is C16H22ClN3O4S. The van der Waals surface area contributed by atoms with Gasteiger partial charge in [-0.05, 0) is 50.7 Å². The molecule has 0 saturated carbocycles. The molecule has 1 rings (SSSR count). The van der Waals surface area contributed by atoms with Crippen LogP contribution in [0.15, 0.2) is 17.2 Å². The quantitative estimate of drug-likeness (QED) is 0.291. The van der Waals surface area contributed by atoms with Crippen LogP contribution in [-0.4, -0.2) is 43.7 Å². The van der Waals surface area contributed by atoms with Gasteiger partial charge in [0.25, 0.3) is 0 Å². The first-order valence-electron chi connectivity index (χ1n) is 7.83. The first-order chi connectivity index (χ1) is 12.0. The van der Waals surface area contributed by atoms with Crippen LogP contribution in [0.25, 0.3) is 0 Å². The number of nitrogens with one attached hydrogen (secondary N) is 2. The van der Waals surface area contributed by atoms with Crippen LogP contribution < -0.4 is 20.2 Å². The minimum Gasteiger partial charge on any atom is -0.490 e. The Morgan fingerprint density at radius 1 is 1.28 bits per heavy atom. The molecule has 0 bridgehead atoms. The highest BCUT2D eigenvalue weighted by molar-refractivity contribution is 7.80. The molecule has 0 heterocycles. The Balaban J connectivity index is 2.88. The third kappa shape index (κ3) is 7.57. The topological polar surface area (TPSA) is 81.2 Å². The van der Waals surface area contributed by atoms with E-state index in [2.05, 4.69) is 15.8 Å². The Morgan fingerprint density at radius 3 is 2.68 bits per heavy atom. The summed E-state index contributed by atoms with van der Waals surface area (Å²) in [6.07, 6.45) is 1.55. The molecule has 0 aliphatic carbocycles. The Labute approximate surface area is 157 Å². The average Bonchev–Trinajstić information content (AvgIpc) is 2.55. The summed E-state index contributed by atoms with van der Waals surface area (Å²) in [6.45, 7) is 6.63. The van der Waals surface area contributed by atoms with Gasteiger partial charge in [-0.25, -0.2) is 4.79 Å². The van der Waals surface area contributed by atoms with Crippen LogP contribution in [0.2, 0.25) is 5.02 Å². The molecule has 138 valence electrons. The van der Waals surface area contributed by atoms with Crippen molar-refractivity contribution in [2.75, 3.05) is 26.4 Å². The van der Waals surface area contributed by atoms with E-state index in [1.165, 1.54) is 0 Å². The number of carbonyl (C=O) groups excluding carboxylic acids is 1. The molecule has 7 nitrogen and oxygen atoms in total. The van der Waals surface area contributed by atoms with Crippen LogP contribution in [-0.2, 0) is 9.53 Å². The summed E-state index contributed by atoms with van der Waals surface area (Å²) < 4.78 is 15.8. The van der Waals surface area contributed by atoms with E-state index in [9.17, 15) is 4.79 Å². The van der Waals surface area contributed by atoms with Crippen molar-refractivity contribution in [3.63, 3.8) is 0 Å². The maximum Gasteiger partial charge on any atom is 0.344 e. The molecule has 1 aromatic rings. The molecule has 0 aromatic heterocycles. The highest BCUT2D eigenvalue weighted by Crippen LogP contribution is 2.36. The van der Waals surface area contributed by atoms with Gasteiger partial charge in [0.05, 0.1) is 24.5 Å². The summed E-state index contributed by atoms with van der Waals surface area (Å²) in [4.78, 5) is 11.4. The standard InChI is InChI=1S/C16H22ClN3O4S/c1-4-18-16(25)20-19-9-11-7-12(17)15(13(8-11)22-5-2)24-10-14(21)23-6-3/h7-9H,4-6,10H2,1-3H3,(H2,18,20,25)/b19-9-. The zero-order valence-corrected chi connectivity index (χ0v) is 16.0. The molecule has 0 fully saturated rings. The zero-order valence-electron chi connectivity index (χ0n) is 14.4. The molecule has 0 saturated heterocycles. The van der Waals surface area contributed by atoms with E-state index in [1.807, 2.05) is 13.8 Å². The monoisotopic (exact) mass is 387 g/mol. The lowest BCUT2D eigenvalue weighted by molar-refractivity contribution is -0.145. The number of thiocarbonyl (C=S) groups is 1. The Bertz CT molecular complexity index is 626. The van der Waals surface area contributed by atoms with Gasteiger partial charge in [-0.15, -0.1) is 0 Å². The van der Waals surface area contributed by atoms with Gasteiger partial charge in [0.15, 0.2) is 23.2 Å². The van der Waals surface area contributed by atoms with E-state index in [4.69, 9.17) is 38.0 Å². The molecule has 0 atom stereocenters. The Morgan fingerprint density at radius 2 is 2.04 bits per heavy atom. The number of hydrazone groups is 1. The first kappa shape index (κ1) is 21.0. The van der Waals surface area contributed by atoms with E-state index in [0.29, 0.717) is 34.6 Å². The molecule has 0 aliphatic rings. The lowest BCUT2D eigenvalue weighted by atomic mass is 10.2. The number of hydrogen-bond donors (Lipinski definition) is 2. The van der Waals surface area contributed by atoms with Crippen LogP contribution in [0.1, 0.15) is 26.3 Å². The van der Waals surface area contributed by atoms with Crippen LogP contribution in [0.5, 0.6) is 11.5 Å². The number of rotatable bonds is 9. The van der Waals surface area contributed by atoms with E-state index in [0.717, 1.165) is 0 Å². The molecule has 0 amide bonds. The highest BCUT2D eigenvalue weighted by Gasteiger charge is 2.14. The summed E-state index contributed by atoms with van der Waals surface area (Å²) in [5.41, 5.74) is 3.37. The fraction of sp³-hybridized carbons (Fsp3) is 0.438. The molecule has 1 aromatic carbocycles. The van der Waals surface area contributed by atoms with Gasteiger partial charge >= 0.3 is 5.97 Å². The molecule has 0 aliphatic heterocycles. The van der Waals surface area contributed by atoms with Crippen molar-refractivity contribution < 1.29 is 19.0 Å². The van der Waals surface area contributed by atoms with E-state index in [1.54, 1.807) is 25.3 Å². The van der Waals surface area contributed by atoms with E-state index < -0.39 is 5.97 Å². The van der Waals surface area contributed by atoms with Crippen molar-refractivity contribution in [3.05, 3.63) is 22.7 Å². The summed E-state index contributed by atoms with van der Waals surface area (Å²) in [5.74, 6) is 0.215. The second kappa shape index (κ2) is 11.5. The number of ether oxygens (including phenoxy) is 3. The number of esters is 1. The van der Waals surface area contributed by atoms with Crippen LogP contribution in [0, 0.1) is 0 Å². The first-order valence-corrected chi connectivity index (χ1v) is 8.62. The second-order valence-corrected chi connectivity index (χ2v) is 5.40. The van der Waals surface area contributed by atoms with Crippen molar-refractivity contribution in [2.24, 2.45) is 5.10 Å². The second-order valence-electron chi connectivity index (χ2n) is 4.59. The maximum absolute atomic E-state index is 11.4. The minimum absolute atomic E-state index is 0.250. The van der Waals surface area contributed by atoms with Gasteiger partial charge in [-0.1, -0.05) is 11.6 Å². The van der Waals surface area contributed by atoms with Gasteiger partial charge in [0.1, 0.15) is 0 Å². The van der Waals surface area contributed by atoms with Crippen molar-refractivity contribution in [2.45, 2.75) is 20.8 Å². The minimum atomic E-state index is -0.479. The summed E-state index contributed by atoms with van der Waals surface area (Å²) >= 11 is 11.3. The van der Waals surface area contributed by atoms with Gasteiger partial charge in [0.2, 0.25) is 0 Å². The smallest absolute Gasteiger partial charge is 0.344 e. The van der Waals surface area contributed by atoms with Crippen molar-refractivity contribution >= 4 is 41.1 Å². The van der Waals surface area contributed by atoms with Gasteiger partial charge in [-0.2, -0.15) is 5.10 Å². The molecule has 9 heteroatoms. The third-order valence-electron chi connectivity index (χ3n) is 2.69. The number of halogens is 1. The van der Waals surface area contributed by atoms with Gasteiger partial charge in [-0.3, -0.25) is 5.43 Å². The third-order valence-corrected chi connectivity index (χ3v) is 3.20.